The summed E-state index contributed by atoms with van der Waals surface area (Å²) in [4.78, 5) is 15.8. The molecule has 0 aliphatic heterocycles. The number of hydrogen-bond acceptors (Lipinski definition) is 4. The van der Waals surface area contributed by atoms with Gasteiger partial charge in [0, 0.05) is 36.0 Å². The number of aromatic nitrogens is 1. The van der Waals surface area contributed by atoms with Crippen molar-refractivity contribution in [1.82, 2.24) is 10.3 Å². The SMILES string of the molecule is C[C@@H](CN)NC(=O)CCc1ncc(-c2ccc(Cl)cc2Cl)o1. The zero-order chi connectivity index (χ0) is 16.1. The summed E-state index contributed by atoms with van der Waals surface area (Å²) >= 11 is 12.0. The van der Waals surface area contributed by atoms with Gasteiger partial charge in [0.05, 0.1) is 11.2 Å². The summed E-state index contributed by atoms with van der Waals surface area (Å²) in [5, 5.41) is 3.83. The lowest BCUT2D eigenvalue weighted by Gasteiger charge is -2.10. The van der Waals surface area contributed by atoms with Gasteiger partial charge in [-0.1, -0.05) is 23.2 Å². The Morgan fingerprint density at radius 1 is 1.45 bits per heavy atom. The molecule has 0 aliphatic rings. The summed E-state index contributed by atoms with van der Waals surface area (Å²) in [5.74, 6) is 0.950. The van der Waals surface area contributed by atoms with E-state index in [0.29, 0.717) is 46.6 Å². The fraction of sp³-hybridized carbons (Fsp3) is 0.333. The number of carbonyl (C=O) groups excluding carboxylic acids is 1. The van der Waals surface area contributed by atoms with E-state index in [9.17, 15) is 4.79 Å². The molecule has 2 aromatic rings. The molecule has 22 heavy (non-hydrogen) atoms. The van der Waals surface area contributed by atoms with Crippen LogP contribution in [0, 0.1) is 0 Å². The number of nitrogens with two attached hydrogens (primary N) is 1. The molecule has 0 fully saturated rings. The molecule has 0 saturated carbocycles. The summed E-state index contributed by atoms with van der Waals surface area (Å²) in [6, 6.07) is 5.10. The van der Waals surface area contributed by atoms with E-state index in [1.54, 1.807) is 24.4 Å². The molecule has 1 heterocycles. The van der Waals surface area contributed by atoms with Crippen LogP contribution in [0.3, 0.4) is 0 Å². The van der Waals surface area contributed by atoms with Crippen molar-refractivity contribution in [1.29, 1.82) is 0 Å². The molecule has 0 radical (unpaired) electrons. The van der Waals surface area contributed by atoms with E-state index in [-0.39, 0.29) is 11.9 Å². The fourth-order valence-corrected chi connectivity index (χ4v) is 2.37. The monoisotopic (exact) mass is 341 g/mol. The molecule has 2 rings (SSSR count). The molecule has 1 aromatic heterocycles. The van der Waals surface area contributed by atoms with Gasteiger partial charge in [0.1, 0.15) is 0 Å². The maximum atomic E-state index is 11.7. The minimum atomic E-state index is -0.0813. The number of carbonyl (C=O) groups is 1. The van der Waals surface area contributed by atoms with E-state index in [4.69, 9.17) is 33.4 Å². The molecule has 5 nitrogen and oxygen atoms in total. The smallest absolute Gasteiger partial charge is 0.220 e. The van der Waals surface area contributed by atoms with Crippen LogP contribution in [0.2, 0.25) is 10.0 Å². The number of nitrogens with zero attached hydrogens (tertiary/aromatic N) is 1. The quantitative estimate of drug-likeness (QED) is 0.845. The Hall–Kier alpha value is -1.56. The first-order valence-electron chi connectivity index (χ1n) is 6.89. The molecular weight excluding hydrogens is 325 g/mol. The van der Waals surface area contributed by atoms with Crippen LogP contribution in [0.5, 0.6) is 0 Å². The highest BCUT2D eigenvalue weighted by atomic mass is 35.5. The van der Waals surface area contributed by atoms with Crippen LogP contribution in [0.1, 0.15) is 19.2 Å². The Kier molecular flexibility index (Phi) is 5.83. The average molecular weight is 342 g/mol. The summed E-state index contributed by atoms with van der Waals surface area (Å²) in [7, 11) is 0. The first-order valence-corrected chi connectivity index (χ1v) is 7.64. The van der Waals surface area contributed by atoms with Crippen LogP contribution in [0.25, 0.3) is 11.3 Å². The van der Waals surface area contributed by atoms with Crippen molar-refractivity contribution in [3.63, 3.8) is 0 Å². The number of hydrogen-bond donors (Lipinski definition) is 2. The summed E-state index contributed by atoms with van der Waals surface area (Å²) in [5.41, 5.74) is 6.17. The maximum Gasteiger partial charge on any atom is 0.220 e. The van der Waals surface area contributed by atoms with Crippen LogP contribution in [0.15, 0.2) is 28.8 Å². The normalized spacial score (nSPS) is 12.2. The predicted molar refractivity (Wildman–Crippen MR) is 86.9 cm³/mol. The van der Waals surface area contributed by atoms with Crippen LogP contribution in [0.4, 0.5) is 0 Å². The second-order valence-corrected chi connectivity index (χ2v) is 5.79. The maximum absolute atomic E-state index is 11.7. The van der Waals surface area contributed by atoms with Gasteiger partial charge in [-0.15, -0.1) is 0 Å². The third-order valence-electron chi connectivity index (χ3n) is 3.08. The van der Waals surface area contributed by atoms with Gasteiger partial charge in [-0.3, -0.25) is 4.79 Å². The highest BCUT2D eigenvalue weighted by molar-refractivity contribution is 6.36. The van der Waals surface area contributed by atoms with Crippen LogP contribution in [-0.2, 0) is 11.2 Å². The van der Waals surface area contributed by atoms with Crippen LogP contribution < -0.4 is 11.1 Å². The van der Waals surface area contributed by atoms with Gasteiger partial charge in [0.25, 0.3) is 0 Å². The highest BCUT2D eigenvalue weighted by Crippen LogP contribution is 2.30. The van der Waals surface area contributed by atoms with Gasteiger partial charge in [-0.2, -0.15) is 0 Å². The number of benzene rings is 1. The highest BCUT2D eigenvalue weighted by Gasteiger charge is 2.12. The van der Waals surface area contributed by atoms with Crippen molar-refractivity contribution in [3.05, 3.63) is 40.3 Å². The zero-order valence-corrected chi connectivity index (χ0v) is 13.6. The summed E-state index contributed by atoms with van der Waals surface area (Å²) in [6.45, 7) is 2.26. The summed E-state index contributed by atoms with van der Waals surface area (Å²) in [6.07, 6.45) is 2.29. The van der Waals surface area contributed by atoms with E-state index < -0.39 is 0 Å². The van der Waals surface area contributed by atoms with Crippen molar-refractivity contribution in [2.24, 2.45) is 5.73 Å². The Morgan fingerprint density at radius 2 is 2.23 bits per heavy atom. The van der Waals surface area contributed by atoms with Gasteiger partial charge >= 0.3 is 0 Å². The van der Waals surface area contributed by atoms with E-state index in [1.165, 1.54) is 0 Å². The number of halogens is 2. The minimum Gasteiger partial charge on any atom is -0.441 e. The minimum absolute atomic E-state index is 0.0412. The number of nitrogens with one attached hydrogen (secondary N) is 1. The first-order chi connectivity index (χ1) is 10.5. The Bertz CT molecular complexity index is 658. The second-order valence-electron chi connectivity index (χ2n) is 4.95. The molecule has 3 N–H and O–H groups in total. The Balaban J connectivity index is 1.98. The molecule has 0 aliphatic carbocycles. The molecule has 0 saturated heterocycles. The third-order valence-corrected chi connectivity index (χ3v) is 3.62. The largest absolute Gasteiger partial charge is 0.441 e. The van der Waals surface area contributed by atoms with Crippen molar-refractivity contribution in [3.8, 4) is 11.3 Å². The molecule has 118 valence electrons. The molecule has 1 amide bonds. The van der Waals surface area contributed by atoms with Gasteiger partial charge in [-0.25, -0.2) is 4.98 Å². The van der Waals surface area contributed by atoms with Gasteiger partial charge < -0.3 is 15.5 Å². The fourth-order valence-electron chi connectivity index (χ4n) is 1.87. The van der Waals surface area contributed by atoms with Crippen molar-refractivity contribution >= 4 is 29.1 Å². The van der Waals surface area contributed by atoms with Gasteiger partial charge in [0.15, 0.2) is 11.7 Å². The molecule has 0 bridgehead atoms. The van der Waals surface area contributed by atoms with E-state index in [0.717, 1.165) is 0 Å². The van der Waals surface area contributed by atoms with Gasteiger partial charge in [-0.05, 0) is 25.1 Å². The molecule has 0 unspecified atom stereocenters. The number of rotatable bonds is 6. The average Bonchev–Trinajstić information content (AvgIpc) is 2.93. The molecular formula is C15H17Cl2N3O2. The predicted octanol–water partition coefficient (Wildman–Crippen LogP) is 3.04. The zero-order valence-electron chi connectivity index (χ0n) is 12.1. The molecule has 1 aromatic carbocycles. The third kappa shape index (κ3) is 4.47. The summed E-state index contributed by atoms with van der Waals surface area (Å²) < 4.78 is 5.63. The van der Waals surface area contributed by atoms with E-state index >= 15 is 0 Å². The Labute approximate surface area is 138 Å². The Morgan fingerprint density at radius 3 is 2.91 bits per heavy atom. The number of oxazole rings is 1. The van der Waals surface area contributed by atoms with E-state index in [1.807, 2.05) is 6.92 Å². The molecule has 7 heteroatoms. The standard InChI is InChI=1S/C15H17Cl2N3O2/c1-9(7-18)20-14(21)4-5-15-19-8-13(22-15)11-3-2-10(16)6-12(11)17/h2-3,6,8-9H,4-5,7,18H2,1H3,(H,20,21)/t9-/m0/s1. The van der Waals surface area contributed by atoms with Crippen molar-refractivity contribution < 1.29 is 9.21 Å². The van der Waals surface area contributed by atoms with Crippen LogP contribution in [-0.4, -0.2) is 23.5 Å². The van der Waals surface area contributed by atoms with Gasteiger partial charge in [0.2, 0.25) is 5.91 Å². The number of amides is 1. The number of aryl methyl sites for hydroxylation is 1. The second kappa shape index (κ2) is 7.63. The van der Waals surface area contributed by atoms with Crippen molar-refractivity contribution in [2.75, 3.05) is 6.54 Å². The molecule has 1 atom stereocenters. The lowest BCUT2D eigenvalue weighted by atomic mass is 10.2. The lowest BCUT2D eigenvalue weighted by molar-refractivity contribution is -0.121. The van der Waals surface area contributed by atoms with Crippen LogP contribution >= 0.6 is 23.2 Å². The lowest BCUT2D eigenvalue weighted by Crippen LogP contribution is -2.37. The molecule has 0 spiro atoms. The van der Waals surface area contributed by atoms with E-state index in [2.05, 4.69) is 10.3 Å². The van der Waals surface area contributed by atoms with Crippen molar-refractivity contribution in [2.45, 2.75) is 25.8 Å². The first kappa shape index (κ1) is 16.8. The topological polar surface area (TPSA) is 81.1 Å².